The lowest BCUT2D eigenvalue weighted by atomic mass is 10.1. The van der Waals surface area contributed by atoms with E-state index in [9.17, 15) is 14.4 Å². The summed E-state index contributed by atoms with van der Waals surface area (Å²) < 4.78 is 10.3. The summed E-state index contributed by atoms with van der Waals surface area (Å²) in [6.07, 6.45) is -0.373. The van der Waals surface area contributed by atoms with Crippen LogP contribution in [0.5, 0.6) is 0 Å². The van der Waals surface area contributed by atoms with Crippen LogP contribution in [0.1, 0.15) is 29.7 Å². The van der Waals surface area contributed by atoms with Gasteiger partial charge in [0.05, 0.1) is 12.1 Å². The number of piperazine rings is 1. The van der Waals surface area contributed by atoms with Gasteiger partial charge in [-0.3, -0.25) is 9.59 Å². The summed E-state index contributed by atoms with van der Waals surface area (Å²) in [5.41, 5.74) is 0. The maximum Gasteiger partial charge on any atom is 0.408 e. The van der Waals surface area contributed by atoms with Crippen LogP contribution in [0.25, 0.3) is 0 Å². The van der Waals surface area contributed by atoms with Crippen molar-refractivity contribution in [2.75, 3.05) is 13.1 Å². The molecule has 3 fully saturated rings. The monoisotopic (exact) mass is 349 g/mol. The molecule has 1 aromatic rings. The third kappa shape index (κ3) is 2.55. The number of alkyl carbamates (subject to hydrolysis) is 1. The molecular formula is C16H19N3O6. The van der Waals surface area contributed by atoms with E-state index in [1.54, 1.807) is 28.9 Å². The van der Waals surface area contributed by atoms with E-state index in [-0.39, 0.29) is 36.3 Å². The van der Waals surface area contributed by atoms with Crippen molar-refractivity contribution in [1.82, 2.24) is 15.1 Å². The molecule has 0 spiro atoms. The Balaban J connectivity index is 1.42. The highest BCUT2D eigenvalue weighted by atomic mass is 16.6. The average Bonchev–Trinajstić information content (AvgIpc) is 3.36. The molecule has 3 saturated heterocycles. The summed E-state index contributed by atoms with van der Waals surface area (Å²) in [4.78, 5) is 39.9. The lowest BCUT2D eigenvalue weighted by Gasteiger charge is -2.35. The lowest BCUT2D eigenvalue weighted by molar-refractivity contribution is -0.136. The molecule has 25 heavy (non-hydrogen) atoms. The van der Waals surface area contributed by atoms with Gasteiger partial charge >= 0.3 is 6.09 Å². The Bertz CT molecular complexity index is 731. The summed E-state index contributed by atoms with van der Waals surface area (Å²) in [7, 11) is 0. The number of hydrogen-bond donors (Lipinski definition) is 2. The fourth-order valence-corrected chi connectivity index (χ4v) is 3.86. The minimum atomic E-state index is -0.673. The second-order valence-corrected chi connectivity index (χ2v) is 6.65. The van der Waals surface area contributed by atoms with Crippen molar-refractivity contribution in [2.45, 2.75) is 44.2 Å². The van der Waals surface area contributed by atoms with Crippen LogP contribution < -0.4 is 5.32 Å². The van der Waals surface area contributed by atoms with E-state index in [1.165, 1.54) is 0 Å². The highest BCUT2D eigenvalue weighted by molar-refractivity contribution is 5.93. The Hall–Kier alpha value is -2.55. The fraction of sp³-hybridized carbons (Fsp3) is 0.562. The third-order valence-corrected chi connectivity index (χ3v) is 5.11. The van der Waals surface area contributed by atoms with Crippen LogP contribution in [0, 0.1) is 0 Å². The molecule has 9 heteroatoms. The highest BCUT2D eigenvalue weighted by Crippen LogP contribution is 2.33. The van der Waals surface area contributed by atoms with Crippen molar-refractivity contribution < 1.29 is 28.6 Å². The number of furan rings is 1. The largest absolute Gasteiger partial charge is 0.453 e. The van der Waals surface area contributed by atoms with Gasteiger partial charge in [0.15, 0.2) is 5.76 Å². The van der Waals surface area contributed by atoms with E-state index < -0.39 is 18.2 Å². The molecular weight excluding hydrogens is 330 g/mol. The number of cyclic esters (lactones) is 1. The summed E-state index contributed by atoms with van der Waals surface area (Å²) >= 11 is 0. The molecule has 2 N–H and O–H groups in total. The average molecular weight is 349 g/mol. The molecule has 0 aromatic carbocycles. The predicted molar refractivity (Wildman–Crippen MR) is 82.4 cm³/mol. The number of aliphatic hydroxyl groups is 1. The Morgan fingerprint density at radius 2 is 2.00 bits per heavy atom. The molecule has 3 aliphatic rings. The van der Waals surface area contributed by atoms with Crippen LogP contribution in [0.4, 0.5) is 4.79 Å². The SMILES string of the molecule is CC1OC(=O)NC1C(=O)N1C[C@@H]2C[C@H]1CN2C(=O)c1ccc(CO)o1. The van der Waals surface area contributed by atoms with Crippen molar-refractivity contribution in [3.63, 3.8) is 0 Å². The molecule has 2 bridgehead atoms. The van der Waals surface area contributed by atoms with E-state index >= 15 is 0 Å². The highest BCUT2D eigenvalue weighted by Gasteiger charge is 2.50. The standard InChI is InChI=1S/C16H19N3O6/c1-8-13(17-16(23)24-8)15(22)19-6-9-4-10(19)5-18(9)14(21)12-3-2-11(7-20)25-12/h2-3,8-10,13,20H,4-7H2,1H3,(H,17,23)/t8?,9-,10-,13?/m0/s1. The molecule has 4 heterocycles. The van der Waals surface area contributed by atoms with Gasteiger partial charge in [0, 0.05) is 13.1 Å². The predicted octanol–water partition coefficient (Wildman–Crippen LogP) is -0.306. The summed E-state index contributed by atoms with van der Waals surface area (Å²) in [5.74, 6) is 0.138. The molecule has 0 saturated carbocycles. The summed E-state index contributed by atoms with van der Waals surface area (Å²) in [6.45, 7) is 2.29. The minimum Gasteiger partial charge on any atom is -0.453 e. The summed E-state index contributed by atoms with van der Waals surface area (Å²) in [5, 5.41) is 11.6. The summed E-state index contributed by atoms with van der Waals surface area (Å²) in [6, 6.07) is 2.31. The van der Waals surface area contributed by atoms with E-state index in [0.717, 1.165) is 0 Å². The van der Waals surface area contributed by atoms with E-state index in [4.69, 9.17) is 14.3 Å². The molecule has 9 nitrogen and oxygen atoms in total. The smallest absolute Gasteiger partial charge is 0.408 e. The van der Waals surface area contributed by atoms with Crippen LogP contribution in [0.3, 0.4) is 0 Å². The van der Waals surface area contributed by atoms with Crippen molar-refractivity contribution in [3.8, 4) is 0 Å². The Kier molecular flexibility index (Phi) is 3.68. The second-order valence-electron chi connectivity index (χ2n) is 6.65. The van der Waals surface area contributed by atoms with Crippen LogP contribution in [0.2, 0.25) is 0 Å². The molecule has 3 aliphatic heterocycles. The van der Waals surface area contributed by atoms with Gasteiger partial charge in [-0.25, -0.2) is 4.79 Å². The van der Waals surface area contributed by atoms with Gasteiger partial charge in [0.1, 0.15) is 24.5 Å². The van der Waals surface area contributed by atoms with Gasteiger partial charge in [-0.2, -0.15) is 0 Å². The number of fused-ring (bicyclic) bond motifs is 2. The van der Waals surface area contributed by atoms with Gasteiger partial charge < -0.3 is 29.4 Å². The zero-order chi connectivity index (χ0) is 17.7. The first-order chi connectivity index (χ1) is 12.0. The zero-order valence-corrected chi connectivity index (χ0v) is 13.7. The molecule has 4 atom stereocenters. The van der Waals surface area contributed by atoms with Gasteiger partial charge in [-0.15, -0.1) is 0 Å². The first kappa shape index (κ1) is 15.9. The molecule has 134 valence electrons. The number of rotatable bonds is 3. The normalized spacial score (nSPS) is 30.6. The Morgan fingerprint density at radius 1 is 1.28 bits per heavy atom. The number of ether oxygens (including phenoxy) is 1. The molecule has 0 aliphatic carbocycles. The van der Waals surface area contributed by atoms with Crippen molar-refractivity contribution >= 4 is 17.9 Å². The Morgan fingerprint density at radius 3 is 2.56 bits per heavy atom. The number of nitrogens with zero attached hydrogens (tertiary/aromatic N) is 2. The number of hydrogen-bond acceptors (Lipinski definition) is 6. The minimum absolute atomic E-state index is 0.0709. The van der Waals surface area contributed by atoms with E-state index in [0.29, 0.717) is 25.3 Å². The number of amides is 3. The van der Waals surface area contributed by atoms with Crippen LogP contribution in [-0.2, 0) is 16.1 Å². The number of carbonyl (C=O) groups is 3. The number of nitrogens with one attached hydrogen (secondary N) is 1. The first-order valence-electron chi connectivity index (χ1n) is 8.26. The molecule has 0 radical (unpaired) electrons. The third-order valence-electron chi connectivity index (χ3n) is 5.11. The maximum atomic E-state index is 12.7. The Labute approximate surface area is 143 Å². The van der Waals surface area contributed by atoms with E-state index in [2.05, 4.69) is 5.32 Å². The van der Waals surface area contributed by atoms with Gasteiger partial charge in [-0.1, -0.05) is 0 Å². The van der Waals surface area contributed by atoms with E-state index in [1.807, 2.05) is 0 Å². The first-order valence-corrected chi connectivity index (χ1v) is 8.26. The molecule has 2 unspecified atom stereocenters. The van der Waals surface area contributed by atoms with Gasteiger partial charge in [-0.05, 0) is 25.5 Å². The number of carbonyl (C=O) groups excluding carboxylic acids is 3. The van der Waals surface area contributed by atoms with Crippen molar-refractivity contribution in [2.24, 2.45) is 0 Å². The number of likely N-dealkylation sites (tertiary alicyclic amines) is 2. The fourth-order valence-electron chi connectivity index (χ4n) is 3.86. The second kappa shape index (κ2) is 5.76. The molecule has 1 aromatic heterocycles. The zero-order valence-electron chi connectivity index (χ0n) is 13.7. The molecule has 4 rings (SSSR count). The quantitative estimate of drug-likeness (QED) is 0.774. The maximum absolute atomic E-state index is 12.7. The van der Waals surface area contributed by atoms with Crippen LogP contribution in [0.15, 0.2) is 16.5 Å². The van der Waals surface area contributed by atoms with Gasteiger partial charge in [0.25, 0.3) is 5.91 Å². The topological polar surface area (TPSA) is 112 Å². The van der Waals surface area contributed by atoms with Crippen LogP contribution in [-0.4, -0.2) is 70.1 Å². The van der Waals surface area contributed by atoms with Crippen molar-refractivity contribution in [1.29, 1.82) is 0 Å². The van der Waals surface area contributed by atoms with Gasteiger partial charge in [0.2, 0.25) is 5.91 Å². The molecule has 3 amide bonds. The lowest BCUT2D eigenvalue weighted by Crippen LogP contribution is -2.55. The number of aliphatic hydroxyl groups excluding tert-OH is 1. The van der Waals surface area contributed by atoms with Crippen molar-refractivity contribution in [3.05, 3.63) is 23.7 Å². The van der Waals surface area contributed by atoms with Crippen LogP contribution >= 0.6 is 0 Å².